The van der Waals surface area contributed by atoms with Crippen molar-refractivity contribution < 1.29 is 8.42 Å². The molecule has 0 atom stereocenters. The Labute approximate surface area is 153 Å². The Balaban J connectivity index is 1.90. The summed E-state index contributed by atoms with van der Waals surface area (Å²) >= 11 is 7.54. The van der Waals surface area contributed by atoms with Crippen LogP contribution in [0.15, 0.2) is 65.3 Å². The summed E-state index contributed by atoms with van der Waals surface area (Å²) in [4.78, 5) is 9.44. The van der Waals surface area contributed by atoms with Crippen LogP contribution in [0.25, 0.3) is 11.0 Å². The standard InChI is InChI=1S/C17H12ClN3O2S2/c18-16-15(24-11-20-16)9-12-10-21(17-14(12)7-4-8-19-17)25(22,23)13-5-2-1-3-6-13/h1-8,10-11H,9H2. The third-order valence-electron chi connectivity index (χ3n) is 3.86. The van der Waals surface area contributed by atoms with Crippen molar-refractivity contribution in [1.82, 2.24) is 13.9 Å². The molecule has 0 amide bonds. The molecule has 0 aliphatic heterocycles. The molecule has 0 N–H and O–H groups in total. The van der Waals surface area contributed by atoms with Crippen LogP contribution >= 0.6 is 22.9 Å². The fraction of sp³-hybridized carbons (Fsp3) is 0.0588. The number of benzene rings is 1. The van der Waals surface area contributed by atoms with E-state index in [1.54, 1.807) is 54.3 Å². The average molecular weight is 390 g/mol. The first-order chi connectivity index (χ1) is 12.1. The summed E-state index contributed by atoms with van der Waals surface area (Å²) in [6.07, 6.45) is 3.71. The number of pyridine rings is 1. The van der Waals surface area contributed by atoms with Crippen LogP contribution in [0.5, 0.6) is 0 Å². The third-order valence-corrected chi connectivity index (χ3v) is 6.79. The number of rotatable bonds is 4. The van der Waals surface area contributed by atoms with Crippen LogP contribution in [0.3, 0.4) is 0 Å². The van der Waals surface area contributed by atoms with E-state index in [0.717, 1.165) is 15.8 Å². The lowest BCUT2D eigenvalue weighted by Gasteiger charge is -2.06. The minimum absolute atomic E-state index is 0.222. The van der Waals surface area contributed by atoms with Crippen LogP contribution in [-0.4, -0.2) is 22.4 Å². The van der Waals surface area contributed by atoms with E-state index < -0.39 is 10.0 Å². The molecule has 0 aliphatic carbocycles. The van der Waals surface area contributed by atoms with Crippen LogP contribution in [-0.2, 0) is 16.4 Å². The van der Waals surface area contributed by atoms with Gasteiger partial charge in [-0.15, -0.1) is 11.3 Å². The molecule has 5 nitrogen and oxygen atoms in total. The Bertz CT molecular complexity index is 1150. The van der Waals surface area contributed by atoms with Crippen LogP contribution in [0.4, 0.5) is 0 Å². The van der Waals surface area contributed by atoms with Gasteiger partial charge in [0.05, 0.1) is 10.4 Å². The fourth-order valence-electron chi connectivity index (χ4n) is 2.67. The number of halogens is 1. The summed E-state index contributed by atoms with van der Waals surface area (Å²) in [5, 5.41) is 1.23. The largest absolute Gasteiger partial charge is 0.269 e. The summed E-state index contributed by atoms with van der Waals surface area (Å²) in [5.74, 6) is 0. The lowest BCUT2D eigenvalue weighted by atomic mass is 10.1. The van der Waals surface area contributed by atoms with Crippen LogP contribution in [0, 0.1) is 0 Å². The van der Waals surface area contributed by atoms with Crippen molar-refractivity contribution in [2.45, 2.75) is 11.3 Å². The van der Waals surface area contributed by atoms with E-state index in [0.29, 0.717) is 17.2 Å². The normalized spacial score (nSPS) is 11.9. The van der Waals surface area contributed by atoms with Gasteiger partial charge in [0.25, 0.3) is 10.0 Å². The molecule has 1 aromatic carbocycles. The van der Waals surface area contributed by atoms with E-state index >= 15 is 0 Å². The molecule has 3 heterocycles. The van der Waals surface area contributed by atoms with Crippen LogP contribution < -0.4 is 0 Å². The SMILES string of the molecule is O=S(=O)(c1ccccc1)n1cc(Cc2scnc2Cl)c2cccnc21. The van der Waals surface area contributed by atoms with Gasteiger partial charge in [0.1, 0.15) is 5.15 Å². The van der Waals surface area contributed by atoms with Gasteiger partial charge < -0.3 is 0 Å². The highest BCUT2D eigenvalue weighted by Crippen LogP contribution is 2.29. The number of thiazole rings is 1. The van der Waals surface area contributed by atoms with Crippen molar-refractivity contribution in [2.75, 3.05) is 0 Å². The first-order valence-corrected chi connectivity index (χ1v) is 10.1. The molecule has 4 rings (SSSR count). The van der Waals surface area contributed by atoms with Gasteiger partial charge in [-0.2, -0.15) is 0 Å². The molecular formula is C17H12ClN3O2S2. The Kier molecular flexibility index (Phi) is 4.07. The van der Waals surface area contributed by atoms with Gasteiger partial charge in [-0.1, -0.05) is 29.8 Å². The predicted octanol–water partition coefficient (Wildman–Crippen LogP) is 3.97. The zero-order valence-electron chi connectivity index (χ0n) is 12.8. The van der Waals surface area contributed by atoms with Crippen molar-refractivity contribution in [3.8, 4) is 0 Å². The molecule has 4 aromatic rings. The maximum atomic E-state index is 13.0. The van der Waals surface area contributed by atoms with Gasteiger partial charge in [-0.05, 0) is 29.8 Å². The molecule has 25 heavy (non-hydrogen) atoms. The molecule has 0 radical (unpaired) electrons. The smallest absolute Gasteiger partial charge is 0.237 e. The number of aromatic nitrogens is 3. The van der Waals surface area contributed by atoms with Gasteiger partial charge in [-0.25, -0.2) is 22.4 Å². The predicted molar refractivity (Wildman–Crippen MR) is 98.7 cm³/mol. The van der Waals surface area contributed by atoms with E-state index in [9.17, 15) is 8.42 Å². The molecule has 126 valence electrons. The highest BCUT2D eigenvalue weighted by atomic mass is 35.5. The zero-order chi connectivity index (χ0) is 17.4. The minimum atomic E-state index is -3.72. The van der Waals surface area contributed by atoms with Crippen molar-refractivity contribution in [2.24, 2.45) is 0 Å². The minimum Gasteiger partial charge on any atom is -0.237 e. The maximum Gasteiger partial charge on any atom is 0.269 e. The summed E-state index contributed by atoms with van der Waals surface area (Å²) in [6, 6.07) is 12.0. The number of hydrogen-bond donors (Lipinski definition) is 0. The quantitative estimate of drug-likeness (QED) is 0.529. The summed E-state index contributed by atoms with van der Waals surface area (Å²) in [7, 11) is -3.72. The number of nitrogens with zero attached hydrogens (tertiary/aromatic N) is 3. The Morgan fingerprint density at radius 1 is 1.08 bits per heavy atom. The van der Waals surface area contributed by atoms with Crippen molar-refractivity contribution >= 4 is 44.0 Å². The van der Waals surface area contributed by atoms with E-state index in [2.05, 4.69) is 9.97 Å². The maximum absolute atomic E-state index is 13.0. The van der Waals surface area contributed by atoms with Gasteiger partial charge in [-0.3, -0.25) is 0 Å². The molecule has 0 saturated heterocycles. The summed E-state index contributed by atoms with van der Waals surface area (Å²) < 4.78 is 27.3. The van der Waals surface area contributed by atoms with E-state index in [1.807, 2.05) is 6.07 Å². The molecule has 0 spiro atoms. The van der Waals surface area contributed by atoms with Crippen molar-refractivity contribution in [3.63, 3.8) is 0 Å². The lowest BCUT2D eigenvalue weighted by Crippen LogP contribution is -2.12. The van der Waals surface area contributed by atoms with Gasteiger partial charge in [0, 0.05) is 29.1 Å². The fourth-order valence-corrected chi connectivity index (χ4v) is 5.02. The highest BCUT2D eigenvalue weighted by molar-refractivity contribution is 7.90. The lowest BCUT2D eigenvalue weighted by molar-refractivity contribution is 0.588. The number of fused-ring (bicyclic) bond motifs is 1. The summed E-state index contributed by atoms with van der Waals surface area (Å²) in [6.45, 7) is 0. The summed E-state index contributed by atoms with van der Waals surface area (Å²) in [5.41, 5.74) is 2.92. The Morgan fingerprint density at radius 2 is 1.88 bits per heavy atom. The number of hydrogen-bond acceptors (Lipinski definition) is 5. The van der Waals surface area contributed by atoms with Gasteiger partial charge in [0.2, 0.25) is 0 Å². The second-order valence-corrected chi connectivity index (χ2v) is 8.50. The Hall–Kier alpha value is -2.22. The molecular weight excluding hydrogens is 378 g/mol. The van der Waals surface area contributed by atoms with E-state index in [4.69, 9.17) is 11.6 Å². The molecule has 0 saturated carbocycles. The van der Waals surface area contributed by atoms with Gasteiger partial charge >= 0.3 is 0 Å². The first-order valence-electron chi connectivity index (χ1n) is 7.41. The van der Waals surface area contributed by atoms with Gasteiger partial charge in [0.15, 0.2) is 5.65 Å². The highest BCUT2D eigenvalue weighted by Gasteiger charge is 2.22. The molecule has 0 unspecified atom stereocenters. The first kappa shape index (κ1) is 16.3. The topological polar surface area (TPSA) is 64.8 Å². The molecule has 8 heteroatoms. The monoisotopic (exact) mass is 389 g/mol. The third kappa shape index (κ3) is 2.84. The van der Waals surface area contributed by atoms with E-state index in [-0.39, 0.29) is 4.90 Å². The van der Waals surface area contributed by atoms with Crippen LogP contribution in [0.1, 0.15) is 10.4 Å². The van der Waals surface area contributed by atoms with Crippen molar-refractivity contribution in [3.05, 3.63) is 76.0 Å². The molecule has 0 bridgehead atoms. The molecule has 0 fully saturated rings. The molecule has 0 aliphatic rings. The zero-order valence-corrected chi connectivity index (χ0v) is 15.2. The average Bonchev–Trinajstić information content (AvgIpc) is 3.21. The Morgan fingerprint density at radius 3 is 2.60 bits per heavy atom. The second-order valence-electron chi connectivity index (χ2n) is 5.39. The van der Waals surface area contributed by atoms with Crippen LogP contribution in [0.2, 0.25) is 5.15 Å². The molecule has 3 aromatic heterocycles. The van der Waals surface area contributed by atoms with Crippen molar-refractivity contribution in [1.29, 1.82) is 0 Å². The van der Waals surface area contributed by atoms with E-state index in [1.165, 1.54) is 15.3 Å². The second kappa shape index (κ2) is 6.25.